The molecule has 39 heavy (non-hydrogen) atoms. The molecule has 1 heterocycles. The summed E-state index contributed by atoms with van der Waals surface area (Å²) in [6.45, 7) is 3.58. The highest BCUT2D eigenvalue weighted by Crippen LogP contribution is 2.31. The second-order valence-corrected chi connectivity index (χ2v) is 10.3. The lowest BCUT2D eigenvalue weighted by Gasteiger charge is -2.24. The first-order chi connectivity index (χ1) is 18.6. The third kappa shape index (κ3) is 6.58. The summed E-state index contributed by atoms with van der Waals surface area (Å²) in [5, 5.41) is 19.7. The normalized spacial score (nSPS) is 17.9. The molecule has 0 aliphatic carbocycles. The van der Waals surface area contributed by atoms with Gasteiger partial charge in [-0.15, -0.1) is 0 Å². The zero-order chi connectivity index (χ0) is 28.2. The number of carbonyl (C=O) groups excluding carboxylic acids is 2. The number of aliphatic carboxylic acids is 1. The molecule has 3 aromatic carbocycles. The van der Waals surface area contributed by atoms with Gasteiger partial charge in [-0.05, 0) is 42.3 Å². The van der Waals surface area contributed by atoms with Crippen LogP contribution in [0.1, 0.15) is 47.7 Å². The van der Waals surface area contributed by atoms with E-state index in [-0.39, 0.29) is 34.4 Å². The molecule has 8 nitrogen and oxygen atoms in total. The van der Waals surface area contributed by atoms with E-state index < -0.39 is 29.4 Å². The van der Waals surface area contributed by atoms with Crippen LogP contribution in [0.25, 0.3) is 0 Å². The number of rotatable bonds is 9. The van der Waals surface area contributed by atoms with E-state index in [0.29, 0.717) is 17.0 Å². The Morgan fingerprint density at radius 2 is 1.64 bits per heavy atom. The van der Waals surface area contributed by atoms with Crippen molar-refractivity contribution in [3.63, 3.8) is 0 Å². The highest BCUT2D eigenvalue weighted by molar-refractivity contribution is 6.40. The molecular weight excluding hydrogens is 541 g/mol. The summed E-state index contributed by atoms with van der Waals surface area (Å²) in [6, 6.07) is 19.9. The number of halogens is 2. The quantitative estimate of drug-likeness (QED) is 0.306. The van der Waals surface area contributed by atoms with Crippen LogP contribution in [0.5, 0.6) is 0 Å². The second kappa shape index (κ2) is 11.9. The standard InChI is InChI=1S/C29H27Cl2N3O5/c1-17(19-7-4-3-5-8-19)24-16-29(2,39-34-24)28(38)33-23(27(36)37)15-18-11-13-20(14-12-18)32-26(35)25-21(30)9-6-10-22(25)31/h3-14,17,23H,15-16H2,1-2H3,(H,32,35)(H,33,38)(H,36,37). The molecular formula is C29H27Cl2N3O5. The van der Waals surface area contributed by atoms with E-state index in [0.717, 1.165) is 5.56 Å². The minimum absolute atomic E-state index is 0.0237. The number of carboxylic acids is 1. The average Bonchev–Trinajstić information content (AvgIpc) is 3.32. The highest BCUT2D eigenvalue weighted by atomic mass is 35.5. The Kier molecular flexibility index (Phi) is 8.57. The van der Waals surface area contributed by atoms with Gasteiger partial charge in [0, 0.05) is 24.4 Å². The number of benzene rings is 3. The van der Waals surface area contributed by atoms with Crippen molar-refractivity contribution in [1.82, 2.24) is 5.32 Å². The molecule has 3 aromatic rings. The van der Waals surface area contributed by atoms with E-state index in [2.05, 4.69) is 15.8 Å². The first-order valence-electron chi connectivity index (χ1n) is 12.3. The van der Waals surface area contributed by atoms with Gasteiger partial charge in [-0.2, -0.15) is 0 Å². The first kappa shape index (κ1) is 28.1. The van der Waals surface area contributed by atoms with Crippen LogP contribution in [0.15, 0.2) is 78.0 Å². The Bertz CT molecular complexity index is 1390. The topological polar surface area (TPSA) is 117 Å². The number of hydrogen-bond acceptors (Lipinski definition) is 5. The maximum Gasteiger partial charge on any atom is 0.326 e. The number of nitrogens with zero attached hydrogens (tertiary/aromatic N) is 1. The molecule has 0 saturated carbocycles. The summed E-state index contributed by atoms with van der Waals surface area (Å²) in [5.74, 6) is -2.27. The fourth-order valence-electron chi connectivity index (χ4n) is 4.24. The van der Waals surface area contributed by atoms with Crippen LogP contribution in [0, 0.1) is 0 Å². The van der Waals surface area contributed by atoms with Gasteiger partial charge in [0.2, 0.25) is 5.60 Å². The van der Waals surface area contributed by atoms with Gasteiger partial charge >= 0.3 is 5.97 Å². The molecule has 1 aliphatic rings. The van der Waals surface area contributed by atoms with Gasteiger partial charge in [-0.1, -0.05) is 83.8 Å². The van der Waals surface area contributed by atoms with Crippen molar-refractivity contribution in [2.75, 3.05) is 5.32 Å². The number of carbonyl (C=O) groups is 3. The highest BCUT2D eigenvalue weighted by Gasteiger charge is 2.44. The summed E-state index contributed by atoms with van der Waals surface area (Å²) in [7, 11) is 0. The zero-order valence-corrected chi connectivity index (χ0v) is 22.8. The molecule has 0 spiro atoms. The molecule has 0 aromatic heterocycles. The lowest BCUT2D eigenvalue weighted by Crippen LogP contribution is -2.52. The maximum atomic E-state index is 13.1. The average molecular weight is 568 g/mol. The minimum Gasteiger partial charge on any atom is -0.480 e. The maximum absolute atomic E-state index is 13.1. The molecule has 0 saturated heterocycles. The van der Waals surface area contributed by atoms with Gasteiger partial charge in [0.1, 0.15) is 6.04 Å². The molecule has 1 aliphatic heterocycles. The van der Waals surface area contributed by atoms with E-state index >= 15 is 0 Å². The fraction of sp³-hybridized carbons (Fsp3) is 0.241. The van der Waals surface area contributed by atoms with E-state index in [4.69, 9.17) is 28.0 Å². The zero-order valence-electron chi connectivity index (χ0n) is 21.3. The smallest absolute Gasteiger partial charge is 0.326 e. The lowest BCUT2D eigenvalue weighted by atomic mass is 9.88. The third-order valence-electron chi connectivity index (χ3n) is 6.61. The molecule has 2 amide bonds. The van der Waals surface area contributed by atoms with Crippen LogP contribution in [-0.2, 0) is 20.8 Å². The molecule has 0 radical (unpaired) electrons. The van der Waals surface area contributed by atoms with Crippen molar-refractivity contribution < 1.29 is 24.3 Å². The van der Waals surface area contributed by atoms with Crippen LogP contribution in [0.2, 0.25) is 10.0 Å². The number of nitrogens with one attached hydrogen (secondary N) is 2. The van der Waals surface area contributed by atoms with E-state index in [9.17, 15) is 19.5 Å². The van der Waals surface area contributed by atoms with Crippen LogP contribution in [-0.4, -0.2) is 40.2 Å². The summed E-state index contributed by atoms with van der Waals surface area (Å²) >= 11 is 12.2. The number of carboxylic acid groups (broad SMARTS) is 1. The predicted molar refractivity (Wildman–Crippen MR) is 151 cm³/mol. The number of oxime groups is 1. The Morgan fingerprint density at radius 1 is 1.00 bits per heavy atom. The SMILES string of the molecule is CC(C1=NOC(C)(C(=O)NC(Cc2ccc(NC(=O)c3c(Cl)cccc3Cl)cc2)C(=O)O)C1)c1ccccc1. The van der Waals surface area contributed by atoms with Crippen LogP contribution >= 0.6 is 23.2 Å². The van der Waals surface area contributed by atoms with Crippen molar-refractivity contribution in [3.8, 4) is 0 Å². The van der Waals surface area contributed by atoms with Gasteiger partial charge in [0.25, 0.3) is 11.8 Å². The monoisotopic (exact) mass is 567 g/mol. The number of amides is 2. The largest absolute Gasteiger partial charge is 0.480 e. The number of hydrogen-bond donors (Lipinski definition) is 3. The van der Waals surface area contributed by atoms with E-state index in [1.54, 1.807) is 49.4 Å². The molecule has 202 valence electrons. The van der Waals surface area contributed by atoms with Crippen molar-refractivity contribution >= 4 is 52.4 Å². The van der Waals surface area contributed by atoms with Gasteiger partial charge in [0.15, 0.2) is 0 Å². The molecule has 3 N–H and O–H groups in total. The van der Waals surface area contributed by atoms with Crippen molar-refractivity contribution in [1.29, 1.82) is 0 Å². The van der Waals surface area contributed by atoms with Crippen molar-refractivity contribution in [2.45, 2.75) is 44.2 Å². The lowest BCUT2D eigenvalue weighted by molar-refractivity contribution is -0.148. The molecule has 3 unspecified atom stereocenters. The van der Waals surface area contributed by atoms with Crippen LogP contribution in [0.4, 0.5) is 5.69 Å². The number of anilines is 1. The minimum atomic E-state index is -1.32. The Morgan fingerprint density at radius 3 is 2.26 bits per heavy atom. The molecule has 0 bridgehead atoms. The van der Waals surface area contributed by atoms with E-state index in [1.807, 2.05) is 37.3 Å². The first-order valence-corrected chi connectivity index (χ1v) is 13.0. The summed E-state index contributed by atoms with van der Waals surface area (Å²) < 4.78 is 0. The summed E-state index contributed by atoms with van der Waals surface area (Å²) in [4.78, 5) is 43.2. The molecule has 10 heteroatoms. The van der Waals surface area contributed by atoms with Crippen LogP contribution < -0.4 is 10.6 Å². The Labute approximate surface area is 236 Å². The Balaban J connectivity index is 1.37. The third-order valence-corrected chi connectivity index (χ3v) is 7.24. The van der Waals surface area contributed by atoms with E-state index in [1.165, 1.54) is 0 Å². The van der Waals surface area contributed by atoms with Crippen LogP contribution in [0.3, 0.4) is 0 Å². The Hall–Kier alpha value is -3.88. The second-order valence-electron chi connectivity index (χ2n) is 9.53. The van der Waals surface area contributed by atoms with Gasteiger partial charge < -0.3 is 20.6 Å². The molecule has 3 atom stereocenters. The van der Waals surface area contributed by atoms with Gasteiger partial charge in [-0.25, -0.2) is 4.79 Å². The molecule has 0 fully saturated rings. The van der Waals surface area contributed by atoms with Crippen molar-refractivity contribution in [3.05, 3.63) is 99.5 Å². The summed E-state index contributed by atoms with van der Waals surface area (Å²) in [5.41, 5.74) is 1.71. The van der Waals surface area contributed by atoms with Gasteiger partial charge in [-0.3, -0.25) is 9.59 Å². The summed E-state index contributed by atoms with van der Waals surface area (Å²) in [6.07, 6.45) is 0.265. The van der Waals surface area contributed by atoms with Crippen molar-refractivity contribution in [2.24, 2.45) is 5.16 Å². The molecule has 4 rings (SSSR count). The van der Waals surface area contributed by atoms with Gasteiger partial charge in [0.05, 0.1) is 21.3 Å². The predicted octanol–water partition coefficient (Wildman–Crippen LogP) is 5.70. The fourth-order valence-corrected chi connectivity index (χ4v) is 4.81.